The number of hydrogen-bond acceptors (Lipinski definition) is 1. The predicted molar refractivity (Wildman–Crippen MR) is 124 cm³/mol. The number of halogens is 3. The first-order valence-corrected chi connectivity index (χ1v) is 16.0. The molecule has 0 aliphatic carbocycles. The van der Waals surface area contributed by atoms with Crippen molar-refractivity contribution in [3.8, 4) is 0 Å². The molecule has 0 fully saturated rings. The van der Waals surface area contributed by atoms with Gasteiger partial charge < -0.3 is 0 Å². The van der Waals surface area contributed by atoms with Crippen molar-refractivity contribution in [2.24, 2.45) is 0 Å². The zero-order valence-corrected chi connectivity index (χ0v) is 20.3. The van der Waals surface area contributed by atoms with Crippen LogP contribution in [0.15, 0.2) is 109 Å². The summed E-state index contributed by atoms with van der Waals surface area (Å²) < 4.78 is 44.2. The molecule has 4 aromatic carbocycles. The van der Waals surface area contributed by atoms with Crippen molar-refractivity contribution in [2.45, 2.75) is 13.1 Å². The molecule has 0 atom stereocenters. The Morgan fingerprint density at radius 1 is 0.625 bits per heavy atom. The molecule has 160 valence electrons. The maximum atomic E-state index is 14.5. The minimum atomic E-state index is -4.63. The second-order valence-electron chi connectivity index (χ2n) is 7.67. The first kappa shape index (κ1) is 22.3. The SMILES string of the molecule is Cc1cccc(C(F)(F)F)c1[C](=O)[Sn]([c]1ccccc1)([c]1ccccc1)[c]1ccccc1. The van der Waals surface area contributed by atoms with Crippen LogP contribution in [0.3, 0.4) is 0 Å². The van der Waals surface area contributed by atoms with Gasteiger partial charge in [-0.15, -0.1) is 0 Å². The van der Waals surface area contributed by atoms with Gasteiger partial charge in [-0.05, 0) is 0 Å². The van der Waals surface area contributed by atoms with E-state index >= 15 is 0 Å². The summed E-state index contributed by atoms with van der Waals surface area (Å²) in [5.74, 6) is 0. The quantitative estimate of drug-likeness (QED) is 0.331. The van der Waals surface area contributed by atoms with Gasteiger partial charge in [0.25, 0.3) is 0 Å². The van der Waals surface area contributed by atoms with Crippen LogP contribution in [0.4, 0.5) is 13.2 Å². The predicted octanol–water partition coefficient (Wildman–Crippen LogP) is 4.91. The van der Waals surface area contributed by atoms with Crippen LogP contribution in [-0.2, 0) is 6.18 Å². The fraction of sp³-hybridized carbons (Fsp3) is 0.0741. The molecule has 0 amide bonds. The van der Waals surface area contributed by atoms with Crippen molar-refractivity contribution in [1.82, 2.24) is 0 Å². The molecule has 0 radical (unpaired) electrons. The van der Waals surface area contributed by atoms with Gasteiger partial charge in [0.15, 0.2) is 0 Å². The van der Waals surface area contributed by atoms with Crippen molar-refractivity contribution in [2.75, 3.05) is 0 Å². The summed E-state index contributed by atoms with van der Waals surface area (Å²) in [6.07, 6.45) is -4.63. The van der Waals surface area contributed by atoms with Crippen LogP contribution in [0.2, 0.25) is 0 Å². The standard InChI is InChI=1S/C9H6F3O.3C6H5.Sn/c1-6-3-2-4-8(7(6)5-13)9(10,11)12;3*1-2-4-6-5-3-1;/h2-4H,1H3;3*1-5H;. The molecule has 0 aromatic heterocycles. The summed E-state index contributed by atoms with van der Waals surface area (Å²) in [6.45, 7) is 1.58. The van der Waals surface area contributed by atoms with E-state index in [1.807, 2.05) is 91.0 Å². The molecule has 0 aliphatic rings. The number of aryl methyl sites for hydroxylation is 1. The van der Waals surface area contributed by atoms with Crippen LogP contribution >= 0.6 is 0 Å². The average Bonchev–Trinajstić information content (AvgIpc) is 2.81. The Morgan fingerprint density at radius 3 is 1.41 bits per heavy atom. The molecule has 0 saturated carbocycles. The van der Waals surface area contributed by atoms with Gasteiger partial charge in [0.05, 0.1) is 0 Å². The first-order valence-electron chi connectivity index (χ1n) is 10.2. The van der Waals surface area contributed by atoms with Crippen LogP contribution < -0.4 is 10.7 Å². The molecule has 0 heterocycles. The van der Waals surface area contributed by atoms with Gasteiger partial charge in [-0.1, -0.05) is 0 Å². The third-order valence-corrected chi connectivity index (χ3v) is 18.7. The van der Waals surface area contributed by atoms with Gasteiger partial charge in [-0.2, -0.15) is 0 Å². The number of benzene rings is 4. The van der Waals surface area contributed by atoms with Crippen LogP contribution in [-0.4, -0.2) is 22.2 Å². The molecule has 0 N–H and O–H groups in total. The van der Waals surface area contributed by atoms with E-state index in [9.17, 15) is 18.0 Å². The second kappa shape index (κ2) is 8.94. The Bertz CT molecular complexity index is 1120. The molecule has 4 rings (SSSR count). The fourth-order valence-corrected chi connectivity index (χ4v) is 17.4. The van der Waals surface area contributed by atoms with E-state index in [0.717, 1.165) is 16.8 Å². The summed E-state index contributed by atoms with van der Waals surface area (Å²) in [7, 11) is 0. The van der Waals surface area contributed by atoms with Crippen molar-refractivity contribution in [3.05, 3.63) is 126 Å². The molecule has 0 spiro atoms. The summed E-state index contributed by atoms with van der Waals surface area (Å²) in [4.78, 5) is 14.5. The average molecular weight is 537 g/mol. The van der Waals surface area contributed by atoms with Crippen LogP contribution in [0.1, 0.15) is 21.5 Å². The molecule has 0 bridgehead atoms. The molecular formula is C27H21F3OSn. The van der Waals surface area contributed by atoms with Crippen LogP contribution in [0.5, 0.6) is 0 Å². The third kappa shape index (κ3) is 3.88. The molecule has 32 heavy (non-hydrogen) atoms. The van der Waals surface area contributed by atoms with Crippen LogP contribution in [0, 0.1) is 6.92 Å². The van der Waals surface area contributed by atoms with E-state index in [-0.39, 0.29) is 5.56 Å². The summed E-state index contributed by atoms with van der Waals surface area (Å²) in [5, 5.41) is 0. The van der Waals surface area contributed by atoms with E-state index in [0.29, 0.717) is 5.56 Å². The Balaban J connectivity index is 2.14. The number of hydrogen-bond donors (Lipinski definition) is 0. The Kier molecular flexibility index (Phi) is 6.24. The molecule has 0 aliphatic heterocycles. The van der Waals surface area contributed by atoms with Gasteiger partial charge in [0.1, 0.15) is 0 Å². The molecule has 0 saturated heterocycles. The number of carbonyl (C=O) groups excluding carboxylic acids is 1. The zero-order chi connectivity index (χ0) is 22.8. The number of rotatable bonds is 5. The number of carbonyl (C=O) groups is 1. The molecule has 1 nitrogen and oxygen atoms in total. The summed E-state index contributed by atoms with van der Waals surface area (Å²) in [6, 6.07) is 32.0. The van der Waals surface area contributed by atoms with Crippen molar-refractivity contribution in [3.63, 3.8) is 0 Å². The van der Waals surface area contributed by atoms with Crippen molar-refractivity contribution in [1.29, 1.82) is 0 Å². The summed E-state index contributed by atoms with van der Waals surface area (Å²) in [5.41, 5.74) is -0.743. The van der Waals surface area contributed by atoms with Gasteiger partial charge in [0.2, 0.25) is 0 Å². The zero-order valence-electron chi connectivity index (χ0n) is 17.4. The first-order chi connectivity index (χ1) is 15.4. The second-order valence-corrected chi connectivity index (χ2v) is 18.2. The Labute approximate surface area is 189 Å². The van der Waals surface area contributed by atoms with E-state index in [1.54, 1.807) is 13.0 Å². The number of alkyl halides is 3. The van der Waals surface area contributed by atoms with Gasteiger partial charge in [-0.3, -0.25) is 0 Å². The molecule has 5 heteroatoms. The van der Waals surface area contributed by atoms with Gasteiger partial charge in [-0.25, -0.2) is 0 Å². The van der Waals surface area contributed by atoms with E-state index in [2.05, 4.69) is 0 Å². The van der Waals surface area contributed by atoms with E-state index in [1.165, 1.54) is 6.07 Å². The topological polar surface area (TPSA) is 17.1 Å². The van der Waals surface area contributed by atoms with Gasteiger partial charge >= 0.3 is 190 Å². The monoisotopic (exact) mass is 538 g/mol. The Hall–Kier alpha value is -2.86. The molecule has 4 aromatic rings. The summed E-state index contributed by atoms with van der Waals surface area (Å²) >= 11 is -4.62. The normalized spacial score (nSPS) is 11.9. The van der Waals surface area contributed by atoms with E-state index in [4.69, 9.17) is 0 Å². The molecule has 0 unspecified atom stereocenters. The fourth-order valence-electron chi connectivity index (χ4n) is 4.35. The maximum absolute atomic E-state index is 14.5. The minimum absolute atomic E-state index is 0.215. The molecular weight excluding hydrogens is 516 g/mol. The third-order valence-electron chi connectivity index (χ3n) is 5.77. The Morgan fingerprint density at radius 2 is 1.03 bits per heavy atom. The van der Waals surface area contributed by atoms with E-state index < -0.39 is 33.9 Å². The van der Waals surface area contributed by atoms with Crippen molar-refractivity contribution < 1.29 is 18.0 Å². The van der Waals surface area contributed by atoms with Crippen molar-refractivity contribution >= 4 is 32.9 Å². The van der Waals surface area contributed by atoms with Crippen LogP contribution in [0.25, 0.3) is 0 Å². The van der Waals surface area contributed by atoms with Gasteiger partial charge in [0, 0.05) is 0 Å².